The predicted molar refractivity (Wildman–Crippen MR) is 68.5 cm³/mol. The third-order valence-electron chi connectivity index (χ3n) is 4.09. The molecule has 2 aromatic rings. The lowest BCUT2D eigenvalue weighted by Crippen LogP contribution is -2.11. The van der Waals surface area contributed by atoms with Gasteiger partial charge in [-0.1, -0.05) is 12.8 Å². The van der Waals surface area contributed by atoms with E-state index in [1.165, 1.54) is 31.5 Å². The van der Waals surface area contributed by atoms with Gasteiger partial charge >= 0.3 is 0 Å². The summed E-state index contributed by atoms with van der Waals surface area (Å²) in [5.74, 6) is 1.89. The second kappa shape index (κ2) is 4.05. The molecule has 0 spiro atoms. The van der Waals surface area contributed by atoms with E-state index < -0.39 is 0 Å². The Hall–Kier alpha value is -1.42. The molecule has 18 heavy (non-hydrogen) atoms. The number of hydrogen-bond acceptors (Lipinski definition) is 3. The fourth-order valence-corrected chi connectivity index (χ4v) is 3.05. The molecule has 0 bridgehead atoms. The van der Waals surface area contributed by atoms with E-state index >= 15 is 0 Å². The predicted octanol–water partition coefficient (Wildman–Crippen LogP) is 2.49. The van der Waals surface area contributed by atoms with Crippen LogP contribution in [-0.4, -0.2) is 27.2 Å². The molecule has 1 aliphatic carbocycles. The number of imidazole rings is 1. The Morgan fingerprint density at radius 2 is 2.17 bits per heavy atom. The first-order valence-electron chi connectivity index (χ1n) is 6.83. The van der Waals surface area contributed by atoms with Gasteiger partial charge in [0.05, 0.1) is 36.5 Å². The van der Waals surface area contributed by atoms with Gasteiger partial charge in [0.15, 0.2) is 0 Å². The summed E-state index contributed by atoms with van der Waals surface area (Å²) in [5, 5.41) is 0. The van der Waals surface area contributed by atoms with Crippen molar-refractivity contribution < 1.29 is 4.74 Å². The Morgan fingerprint density at radius 1 is 1.33 bits per heavy atom. The summed E-state index contributed by atoms with van der Waals surface area (Å²) >= 11 is 0. The number of ether oxygens (including phenoxy) is 1. The molecule has 0 N–H and O–H groups in total. The van der Waals surface area contributed by atoms with Gasteiger partial charge in [-0.2, -0.15) is 0 Å². The fraction of sp³-hybridized carbons (Fsp3) is 0.571. The lowest BCUT2D eigenvalue weighted by atomic mass is 10.1. The molecule has 2 fully saturated rings. The third-order valence-corrected chi connectivity index (χ3v) is 4.09. The first kappa shape index (κ1) is 10.5. The van der Waals surface area contributed by atoms with Gasteiger partial charge in [-0.3, -0.25) is 4.98 Å². The smallest absolute Gasteiger partial charge is 0.113 e. The number of nitrogens with zero attached hydrogens (tertiary/aromatic N) is 3. The number of rotatable bonds is 3. The average molecular weight is 243 g/mol. The van der Waals surface area contributed by atoms with Crippen molar-refractivity contribution in [2.24, 2.45) is 0 Å². The Kier molecular flexibility index (Phi) is 2.36. The van der Waals surface area contributed by atoms with Crippen LogP contribution in [0.5, 0.6) is 0 Å². The van der Waals surface area contributed by atoms with E-state index in [0.29, 0.717) is 12.0 Å². The van der Waals surface area contributed by atoms with Crippen LogP contribution in [0.2, 0.25) is 0 Å². The molecular formula is C14H17N3O. The molecule has 0 amide bonds. The quantitative estimate of drug-likeness (QED) is 0.778. The van der Waals surface area contributed by atoms with Gasteiger partial charge in [-0.05, 0) is 18.9 Å². The lowest BCUT2D eigenvalue weighted by molar-refractivity contribution is 0.380. The van der Waals surface area contributed by atoms with Crippen molar-refractivity contribution in [2.75, 3.05) is 6.61 Å². The van der Waals surface area contributed by atoms with E-state index in [2.05, 4.69) is 9.55 Å². The molecule has 0 unspecified atom stereocenters. The van der Waals surface area contributed by atoms with Crippen LogP contribution in [0.3, 0.4) is 0 Å². The van der Waals surface area contributed by atoms with Crippen molar-refractivity contribution in [1.82, 2.24) is 14.5 Å². The highest BCUT2D eigenvalue weighted by Crippen LogP contribution is 2.35. The van der Waals surface area contributed by atoms with E-state index in [4.69, 9.17) is 9.72 Å². The van der Waals surface area contributed by atoms with E-state index in [-0.39, 0.29) is 0 Å². The van der Waals surface area contributed by atoms with Crippen LogP contribution in [0, 0.1) is 0 Å². The molecule has 1 saturated heterocycles. The van der Waals surface area contributed by atoms with Gasteiger partial charge in [0.1, 0.15) is 5.82 Å². The maximum absolute atomic E-state index is 5.38. The van der Waals surface area contributed by atoms with Crippen LogP contribution in [0.25, 0.3) is 11.0 Å². The molecule has 1 saturated carbocycles. The van der Waals surface area contributed by atoms with E-state index in [9.17, 15) is 0 Å². The van der Waals surface area contributed by atoms with Gasteiger partial charge in [0.2, 0.25) is 0 Å². The van der Waals surface area contributed by atoms with Crippen molar-refractivity contribution in [3.63, 3.8) is 0 Å². The van der Waals surface area contributed by atoms with E-state index in [1.807, 2.05) is 18.5 Å². The highest BCUT2D eigenvalue weighted by atomic mass is 16.6. The van der Waals surface area contributed by atoms with E-state index in [1.54, 1.807) is 0 Å². The van der Waals surface area contributed by atoms with Crippen LogP contribution in [-0.2, 0) is 11.3 Å². The monoisotopic (exact) mass is 243 g/mol. The second-order valence-corrected chi connectivity index (χ2v) is 5.38. The molecule has 2 aliphatic rings. The van der Waals surface area contributed by atoms with Gasteiger partial charge in [0.25, 0.3) is 0 Å². The van der Waals surface area contributed by atoms with Gasteiger partial charge in [-0.25, -0.2) is 4.98 Å². The third kappa shape index (κ3) is 1.72. The zero-order valence-electron chi connectivity index (χ0n) is 10.4. The minimum absolute atomic E-state index is 0.391. The van der Waals surface area contributed by atoms with E-state index in [0.717, 1.165) is 24.2 Å². The lowest BCUT2D eigenvalue weighted by Gasteiger charge is -2.12. The summed E-state index contributed by atoms with van der Waals surface area (Å²) in [6.45, 7) is 1.83. The standard InChI is InChI=1S/C14H17N3O/c1-2-4-10(3-1)14-16-12-5-6-15-7-13(12)17(14)8-11-9-18-11/h5-7,10-11H,1-4,8-9H2/t11-/m0/s1. The molecule has 1 atom stereocenters. The molecule has 1 aliphatic heterocycles. The minimum atomic E-state index is 0.391. The zero-order chi connectivity index (χ0) is 11.9. The fourth-order valence-electron chi connectivity index (χ4n) is 3.05. The first-order chi connectivity index (χ1) is 8.92. The van der Waals surface area contributed by atoms with Crippen LogP contribution in [0.1, 0.15) is 37.4 Å². The maximum Gasteiger partial charge on any atom is 0.113 e. The molecule has 4 heteroatoms. The second-order valence-electron chi connectivity index (χ2n) is 5.38. The summed E-state index contributed by atoms with van der Waals surface area (Å²) in [5.41, 5.74) is 2.24. The Morgan fingerprint density at radius 3 is 2.94 bits per heavy atom. The largest absolute Gasteiger partial charge is 0.371 e. The topological polar surface area (TPSA) is 43.2 Å². The number of aromatic nitrogens is 3. The maximum atomic E-state index is 5.38. The number of hydrogen-bond donors (Lipinski definition) is 0. The summed E-state index contributed by atoms with van der Waals surface area (Å²) < 4.78 is 7.72. The van der Waals surface area contributed by atoms with Crippen molar-refractivity contribution in [2.45, 2.75) is 44.2 Å². The van der Waals surface area contributed by atoms with Gasteiger partial charge in [-0.15, -0.1) is 0 Å². The first-order valence-corrected chi connectivity index (χ1v) is 6.83. The van der Waals surface area contributed by atoms with Crippen LogP contribution in [0.15, 0.2) is 18.5 Å². The highest BCUT2D eigenvalue weighted by molar-refractivity contribution is 5.74. The van der Waals surface area contributed by atoms with Crippen molar-refractivity contribution in [1.29, 1.82) is 0 Å². The number of pyridine rings is 1. The van der Waals surface area contributed by atoms with Gasteiger partial charge < -0.3 is 9.30 Å². The number of epoxide rings is 1. The average Bonchev–Trinajstić information content (AvgIpc) is 2.91. The van der Waals surface area contributed by atoms with Crippen molar-refractivity contribution in [3.05, 3.63) is 24.3 Å². The van der Waals surface area contributed by atoms with Crippen LogP contribution < -0.4 is 0 Å². The zero-order valence-corrected chi connectivity index (χ0v) is 10.4. The highest BCUT2D eigenvalue weighted by Gasteiger charge is 2.28. The molecular weight excluding hydrogens is 226 g/mol. The molecule has 0 radical (unpaired) electrons. The van der Waals surface area contributed by atoms with Crippen LogP contribution >= 0.6 is 0 Å². The molecule has 0 aromatic carbocycles. The molecule has 4 nitrogen and oxygen atoms in total. The molecule has 3 heterocycles. The normalized spacial score (nSPS) is 23.9. The Bertz CT molecular complexity index is 567. The van der Waals surface area contributed by atoms with Crippen LogP contribution in [0.4, 0.5) is 0 Å². The summed E-state index contributed by atoms with van der Waals surface area (Å²) in [4.78, 5) is 9.08. The van der Waals surface area contributed by atoms with Gasteiger partial charge in [0, 0.05) is 12.1 Å². The minimum Gasteiger partial charge on any atom is -0.371 e. The molecule has 4 rings (SSSR count). The SMILES string of the molecule is c1cc2nc(C3CCCC3)n(C[C@H]3CO3)c2cn1. The summed E-state index contributed by atoms with van der Waals surface area (Å²) in [6, 6.07) is 2.01. The van der Waals surface area contributed by atoms with Crippen molar-refractivity contribution in [3.8, 4) is 0 Å². The van der Waals surface area contributed by atoms with Crippen molar-refractivity contribution >= 4 is 11.0 Å². The Labute approximate surface area is 106 Å². The summed E-state index contributed by atoms with van der Waals surface area (Å²) in [6.07, 6.45) is 9.39. The molecule has 2 aromatic heterocycles. The number of fused-ring (bicyclic) bond motifs is 1. The molecule has 94 valence electrons. The summed E-state index contributed by atoms with van der Waals surface area (Å²) in [7, 11) is 0. The Balaban J connectivity index is 1.82.